The number of aromatic nitrogens is 2. The molecular weight excluding hydrogens is 216 g/mol. The van der Waals surface area contributed by atoms with Crippen LogP contribution in [0.25, 0.3) is 0 Å². The van der Waals surface area contributed by atoms with Crippen LogP contribution < -0.4 is 0 Å². The molecule has 1 rings (SSSR count). The van der Waals surface area contributed by atoms with E-state index in [-0.39, 0.29) is 11.9 Å². The zero-order chi connectivity index (χ0) is 13.0. The third kappa shape index (κ3) is 3.30. The molecule has 0 aliphatic heterocycles. The van der Waals surface area contributed by atoms with Crippen molar-refractivity contribution in [2.45, 2.75) is 33.0 Å². The molecule has 0 aliphatic carbocycles. The highest BCUT2D eigenvalue weighted by Crippen LogP contribution is 2.06. The van der Waals surface area contributed by atoms with Crippen LogP contribution in [-0.4, -0.2) is 52.4 Å². The summed E-state index contributed by atoms with van der Waals surface area (Å²) in [4.78, 5) is 19.8. The van der Waals surface area contributed by atoms with Gasteiger partial charge in [0, 0.05) is 33.0 Å². The minimum atomic E-state index is -0.132. The van der Waals surface area contributed by atoms with Crippen molar-refractivity contribution in [3.63, 3.8) is 0 Å². The molecule has 0 fully saturated rings. The number of hydrogen-bond acceptors (Lipinski definition) is 3. The van der Waals surface area contributed by atoms with E-state index in [0.29, 0.717) is 6.54 Å². The van der Waals surface area contributed by atoms with Crippen LogP contribution in [0.2, 0.25) is 0 Å². The van der Waals surface area contributed by atoms with Gasteiger partial charge in [0.05, 0.1) is 12.6 Å². The van der Waals surface area contributed by atoms with E-state index in [9.17, 15) is 4.79 Å². The normalized spacial score (nSPS) is 12.8. The average molecular weight is 238 g/mol. The van der Waals surface area contributed by atoms with E-state index in [4.69, 9.17) is 0 Å². The second kappa shape index (κ2) is 5.82. The Morgan fingerprint density at radius 3 is 2.65 bits per heavy atom. The number of hydrogen-bond donors (Lipinski definition) is 0. The van der Waals surface area contributed by atoms with Crippen LogP contribution in [-0.2, 0) is 17.9 Å². The fourth-order valence-electron chi connectivity index (χ4n) is 1.70. The summed E-state index contributed by atoms with van der Waals surface area (Å²) in [5, 5.41) is 0. The minimum absolute atomic E-state index is 0.113. The Kier molecular flexibility index (Phi) is 4.69. The Balaban J connectivity index is 2.66. The highest BCUT2D eigenvalue weighted by molar-refractivity contribution is 5.80. The zero-order valence-electron chi connectivity index (χ0n) is 11.3. The number of imidazole rings is 1. The lowest BCUT2D eigenvalue weighted by Gasteiger charge is -2.26. The first-order chi connectivity index (χ1) is 7.97. The van der Waals surface area contributed by atoms with Crippen LogP contribution in [0, 0.1) is 0 Å². The molecule has 0 unspecified atom stereocenters. The predicted octanol–water partition coefficient (Wildman–Crippen LogP) is 0.811. The molecule has 17 heavy (non-hydrogen) atoms. The lowest BCUT2D eigenvalue weighted by atomic mass is 10.2. The summed E-state index contributed by atoms with van der Waals surface area (Å²) >= 11 is 0. The molecule has 0 spiro atoms. The third-order valence-corrected chi connectivity index (χ3v) is 2.99. The summed E-state index contributed by atoms with van der Waals surface area (Å²) in [6.45, 7) is 5.59. The number of aryl methyl sites for hydroxylation is 1. The molecule has 1 aromatic rings. The van der Waals surface area contributed by atoms with Gasteiger partial charge in [0.25, 0.3) is 0 Å². The van der Waals surface area contributed by atoms with Gasteiger partial charge < -0.3 is 9.47 Å². The number of amides is 1. The van der Waals surface area contributed by atoms with Crippen molar-refractivity contribution < 1.29 is 4.79 Å². The molecule has 0 saturated carbocycles. The van der Waals surface area contributed by atoms with Gasteiger partial charge in [-0.25, -0.2) is 4.98 Å². The van der Waals surface area contributed by atoms with Crippen LogP contribution in [0.1, 0.15) is 19.7 Å². The van der Waals surface area contributed by atoms with E-state index in [0.717, 1.165) is 12.4 Å². The maximum Gasteiger partial charge on any atom is 0.239 e. The maximum atomic E-state index is 11.8. The number of rotatable bonds is 5. The van der Waals surface area contributed by atoms with Crippen LogP contribution in [0.4, 0.5) is 0 Å². The van der Waals surface area contributed by atoms with Gasteiger partial charge in [-0.3, -0.25) is 9.69 Å². The second-order valence-electron chi connectivity index (χ2n) is 4.45. The van der Waals surface area contributed by atoms with Crippen LogP contribution in [0.3, 0.4) is 0 Å². The molecule has 96 valence electrons. The lowest BCUT2D eigenvalue weighted by molar-refractivity contribution is -0.133. The van der Waals surface area contributed by atoms with E-state index in [2.05, 4.69) is 16.5 Å². The molecule has 0 bridgehead atoms. The Labute approximate surface area is 103 Å². The largest absolute Gasteiger partial charge is 0.347 e. The Hall–Kier alpha value is -1.36. The van der Waals surface area contributed by atoms with E-state index in [1.54, 1.807) is 25.2 Å². The predicted molar refractivity (Wildman–Crippen MR) is 67.5 cm³/mol. The number of carbonyl (C=O) groups is 1. The number of nitrogens with zero attached hydrogens (tertiary/aromatic N) is 4. The number of carbonyl (C=O) groups excluding carboxylic acids is 1. The molecule has 1 atom stereocenters. The molecule has 1 heterocycles. The monoisotopic (exact) mass is 238 g/mol. The van der Waals surface area contributed by atoms with Crippen molar-refractivity contribution in [1.82, 2.24) is 19.4 Å². The number of likely N-dealkylation sites (N-methyl/N-ethyl adjacent to an activating group) is 2. The van der Waals surface area contributed by atoms with Gasteiger partial charge in [-0.2, -0.15) is 0 Å². The quantitative estimate of drug-likeness (QED) is 0.762. The van der Waals surface area contributed by atoms with Crippen molar-refractivity contribution in [2.24, 2.45) is 0 Å². The Morgan fingerprint density at radius 2 is 2.12 bits per heavy atom. The van der Waals surface area contributed by atoms with Gasteiger partial charge in [0.15, 0.2) is 0 Å². The summed E-state index contributed by atoms with van der Waals surface area (Å²) in [5.74, 6) is 1.11. The van der Waals surface area contributed by atoms with Gasteiger partial charge in [-0.15, -0.1) is 0 Å². The summed E-state index contributed by atoms with van der Waals surface area (Å²) in [5.41, 5.74) is 0. The van der Waals surface area contributed by atoms with Gasteiger partial charge in [0.1, 0.15) is 5.82 Å². The third-order valence-electron chi connectivity index (χ3n) is 2.99. The van der Waals surface area contributed by atoms with Gasteiger partial charge in [-0.1, -0.05) is 0 Å². The molecule has 0 radical (unpaired) electrons. The zero-order valence-corrected chi connectivity index (χ0v) is 11.3. The molecule has 1 amide bonds. The molecule has 0 saturated heterocycles. The second-order valence-corrected chi connectivity index (χ2v) is 4.45. The highest BCUT2D eigenvalue weighted by atomic mass is 16.2. The molecule has 5 nitrogen and oxygen atoms in total. The van der Waals surface area contributed by atoms with Crippen LogP contribution in [0.15, 0.2) is 12.4 Å². The summed E-state index contributed by atoms with van der Waals surface area (Å²) in [6.07, 6.45) is 3.76. The summed E-state index contributed by atoms with van der Waals surface area (Å²) < 4.78 is 2.09. The lowest BCUT2D eigenvalue weighted by Crippen LogP contribution is -2.42. The molecule has 0 aromatic carbocycles. The van der Waals surface area contributed by atoms with Crippen LogP contribution >= 0.6 is 0 Å². The first-order valence-electron chi connectivity index (χ1n) is 5.88. The van der Waals surface area contributed by atoms with Gasteiger partial charge in [-0.05, 0) is 20.9 Å². The molecule has 1 aromatic heterocycles. The maximum absolute atomic E-state index is 11.8. The van der Waals surface area contributed by atoms with E-state index in [1.807, 2.05) is 25.1 Å². The molecular formula is C12H22N4O. The average Bonchev–Trinajstić information content (AvgIpc) is 2.73. The SMILES string of the molecule is CCn1ccnc1CN(C)[C@H](C)C(=O)N(C)C. The molecule has 5 heteroatoms. The minimum Gasteiger partial charge on any atom is -0.347 e. The van der Waals surface area contributed by atoms with Gasteiger partial charge >= 0.3 is 0 Å². The topological polar surface area (TPSA) is 41.4 Å². The fourth-order valence-corrected chi connectivity index (χ4v) is 1.70. The smallest absolute Gasteiger partial charge is 0.239 e. The molecule has 0 aliphatic rings. The Bertz CT molecular complexity index is 372. The molecule has 0 N–H and O–H groups in total. The van der Waals surface area contributed by atoms with E-state index < -0.39 is 0 Å². The first kappa shape index (κ1) is 13.7. The highest BCUT2D eigenvalue weighted by Gasteiger charge is 2.20. The van der Waals surface area contributed by atoms with E-state index in [1.165, 1.54) is 0 Å². The van der Waals surface area contributed by atoms with E-state index >= 15 is 0 Å². The van der Waals surface area contributed by atoms with Crippen molar-refractivity contribution in [3.8, 4) is 0 Å². The van der Waals surface area contributed by atoms with Gasteiger partial charge in [0.2, 0.25) is 5.91 Å². The summed E-state index contributed by atoms with van der Waals surface area (Å²) in [6, 6.07) is -0.132. The summed E-state index contributed by atoms with van der Waals surface area (Å²) in [7, 11) is 5.50. The standard InChI is InChI=1S/C12H22N4O/c1-6-16-8-7-13-11(16)9-15(5)10(2)12(17)14(3)4/h7-8,10H,6,9H2,1-5H3/t10-/m1/s1. The van der Waals surface area contributed by atoms with Crippen molar-refractivity contribution in [2.75, 3.05) is 21.1 Å². The van der Waals surface area contributed by atoms with Crippen LogP contribution in [0.5, 0.6) is 0 Å². The fraction of sp³-hybridized carbons (Fsp3) is 0.667. The first-order valence-corrected chi connectivity index (χ1v) is 5.88. The van der Waals surface area contributed by atoms with Crippen molar-refractivity contribution >= 4 is 5.91 Å². The van der Waals surface area contributed by atoms with Crippen molar-refractivity contribution in [1.29, 1.82) is 0 Å². The van der Waals surface area contributed by atoms with Crippen molar-refractivity contribution in [3.05, 3.63) is 18.2 Å². The Morgan fingerprint density at radius 1 is 1.47 bits per heavy atom.